The fourth-order valence-electron chi connectivity index (χ4n) is 3.70. The van der Waals surface area contributed by atoms with E-state index >= 15 is 0 Å². The van der Waals surface area contributed by atoms with Gasteiger partial charge < -0.3 is 14.6 Å². The number of rotatable bonds is 4. The maximum absolute atomic E-state index is 12.7. The summed E-state index contributed by atoms with van der Waals surface area (Å²) in [6, 6.07) is 9.08. The molecule has 0 fully saturated rings. The van der Waals surface area contributed by atoms with E-state index in [2.05, 4.69) is 17.4 Å². The van der Waals surface area contributed by atoms with E-state index in [4.69, 9.17) is 16.0 Å². The molecule has 0 saturated carbocycles. The molecule has 0 radical (unpaired) electrons. The smallest absolute Gasteiger partial charge is 0.255 e. The summed E-state index contributed by atoms with van der Waals surface area (Å²) in [7, 11) is 3.33. The minimum absolute atomic E-state index is 0.161. The molecule has 5 nitrogen and oxygen atoms in total. The van der Waals surface area contributed by atoms with Crippen LogP contribution in [0.2, 0.25) is 5.02 Å². The lowest BCUT2D eigenvalue weighted by molar-refractivity contribution is -0.115. The molecule has 28 heavy (non-hydrogen) atoms. The number of nitrogens with zero attached hydrogens (tertiary/aromatic N) is 1. The number of hydrogen-bond donors (Lipinski definition) is 1. The Labute approximate surface area is 168 Å². The summed E-state index contributed by atoms with van der Waals surface area (Å²) in [5.74, 6) is -0.422. The quantitative estimate of drug-likeness (QED) is 0.708. The van der Waals surface area contributed by atoms with Crippen molar-refractivity contribution in [2.45, 2.75) is 25.7 Å². The zero-order valence-electron chi connectivity index (χ0n) is 15.8. The largest absolute Gasteiger partial charge is 0.464 e. The van der Waals surface area contributed by atoms with Crippen molar-refractivity contribution in [3.8, 4) is 0 Å². The van der Waals surface area contributed by atoms with Crippen LogP contribution in [0.4, 0.5) is 5.69 Å². The molecule has 1 aromatic heterocycles. The molecule has 1 heterocycles. The molecule has 0 unspecified atom stereocenters. The average molecular weight is 397 g/mol. The summed E-state index contributed by atoms with van der Waals surface area (Å²) in [4.78, 5) is 26.5. The Kier molecular flexibility index (Phi) is 4.85. The highest BCUT2D eigenvalue weighted by Crippen LogP contribution is 2.31. The normalized spacial score (nSPS) is 12.8. The molecular formula is C22H21ClN2O3. The van der Waals surface area contributed by atoms with Crippen LogP contribution in [0.15, 0.2) is 41.0 Å². The maximum Gasteiger partial charge on any atom is 0.255 e. The van der Waals surface area contributed by atoms with Crippen LogP contribution in [-0.2, 0) is 24.1 Å². The number of furan rings is 1. The van der Waals surface area contributed by atoms with E-state index in [1.165, 1.54) is 16.0 Å². The van der Waals surface area contributed by atoms with E-state index in [1.807, 2.05) is 0 Å². The van der Waals surface area contributed by atoms with Crippen LogP contribution < -0.4 is 5.32 Å². The first-order valence-electron chi connectivity index (χ1n) is 9.25. The Morgan fingerprint density at radius 2 is 1.89 bits per heavy atom. The number of carbonyl (C=O) groups excluding carboxylic acids is 2. The summed E-state index contributed by atoms with van der Waals surface area (Å²) in [6.07, 6.45) is 5.12. The molecule has 2 aromatic carbocycles. The van der Waals surface area contributed by atoms with Crippen molar-refractivity contribution in [1.82, 2.24) is 4.90 Å². The van der Waals surface area contributed by atoms with Crippen LogP contribution in [0.1, 0.15) is 33.5 Å². The molecule has 144 valence electrons. The first-order chi connectivity index (χ1) is 13.4. The van der Waals surface area contributed by atoms with Crippen LogP contribution in [0.5, 0.6) is 0 Å². The molecule has 0 saturated heterocycles. The van der Waals surface area contributed by atoms with Crippen molar-refractivity contribution in [1.29, 1.82) is 0 Å². The van der Waals surface area contributed by atoms with E-state index in [0.717, 1.165) is 35.8 Å². The number of amides is 2. The summed E-state index contributed by atoms with van der Waals surface area (Å²) in [5, 5.41) is 4.26. The van der Waals surface area contributed by atoms with E-state index in [0.29, 0.717) is 16.3 Å². The number of benzene rings is 2. The van der Waals surface area contributed by atoms with Crippen LogP contribution in [0, 0.1) is 0 Å². The lowest BCUT2D eigenvalue weighted by Crippen LogP contribution is -2.24. The molecular weight excluding hydrogens is 376 g/mol. The number of hydrogen-bond acceptors (Lipinski definition) is 3. The fourth-order valence-corrected chi connectivity index (χ4v) is 3.87. The third-order valence-corrected chi connectivity index (χ3v) is 5.35. The number of nitrogens with one attached hydrogen (secondary N) is 1. The predicted molar refractivity (Wildman–Crippen MR) is 110 cm³/mol. The highest BCUT2D eigenvalue weighted by molar-refractivity contribution is 6.31. The van der Waals surface area contributed by atoms with E-state index < -0.39 is 0 Å². The Balaban J connectivity index is 1.58. The van der Waals surface area contributed by atoms with Crippen molar-refractivity contribution < 1.29 is 14.0 Å². The summed E-state index contributed by atoms with van der Waals surface area (Å²) in [5.41, 5.74) is 5.13. The Hall–Kier alpha value is -2.79. The lowest BCUT2D eigenvalue weighted by atomic mass is 10.0. The third kappa shape index (κ3) is 3.50. The van der Waals surface area contributed by atoms with Gasteiger partial charge in [0.2, 0.25) is 5.91 Å². The number of aryl methyl sites for hydroxylation is 2. The van der Waals surface area contributed by atoms with Gasteiger partial charge in [0.1, 0.15) is 5.58 Å². The van der Waals surface area contributed by atoms with Crippen LogP contribution in [-0.4, -0.2) is 30.8 Å². The monoisotopic (exact) mass is 396 g/mol. The summed E-state index contributed by atoms with van der Waals surface area (Å²) < 4.78 is 5.68. The van der Waals surface area contributed by atoms with Gasteiger partial charge in [0, 0.05) is 30.1 Å². The Morgan fingerprint density at radius 1 is 1.14 bits per heavy atom. The molecule has 6 heteroatoms. The topological polar surface area (TPSA) is 62.6 Å². The molecule has 3 aromatic rings. The average Bonchev–Trinajstić information content (AvgIpc) is 3.26. The van der Waals surface area contributed by atoms with Gasteiger partial charge in [-0.1, -0.05) is 11.6 Å². The zero-order valence-corrected chi connectivity index (χ0v) is 16.6. The summed E-state index contributed by atoms with van der Waals surface area (Å²) in [6.45, 7) is 0. The SMILES string of the molecule is CN(C)C(=O)c1ccc(Cl)cc1NC(=O)Cc1coc2cc3c(cc12)CCC3. The van der Waals surface area contributed by atoms with Crippen molar-refractivity contribution in [3.63, 3.8) is 0 Å². The lowest BCUT2D eigenvalue weighted by Gasteiger charge is -2.15. The van der Waals surface area contributed by atoms with Crippen molar-refractivity contribution in [2.75, 3.05) is 19.4 Å². The van der Waals surface area contributed by atoms with Crippen LogP contribution >= 0.6 is 11.6 Å². The van der Waals surface area contributed by atoms with Gasteiger partial charge in [0.25, 0.3) is 5.91 Å². The second-order valence-corrected chi connectivity index (χ2v) is 7.78. The third-order valence-electron chi connectivity index (χ3n) is 5.11. The van der Waals surface area contributed by atoms with E-state index in [-0.39, 0.29) is 18.2 Å². The Bertz CT molecular complexity index is 1080. The molecule has 0 aliphatic heterocycles. The van der Waals surface area contributed by atoms with Crippen molar-refractivity contribution >= 4 is 40.1 Å². The standard InChI is InChI=1S/C22H21ClN2O3/c1-25(2)22(27)17-7-6-16(23)11-19(17)24-21(26)10-15-12-28-20-9-14-5-3-4-13(14)8-18(15)20/h6-9,11-12H,3-5,10H2,1-2H3,(H,24,26). The first-order valence-corrected chi connectivity index (χ1v) is 9.63. The fraction of sp³-hybridized carbons (Fsp3) is 0.273. The van der Waals surface area contributed by atoms with Crippen molar-refractivity contribution in [2.24, 2.45) is 0 Å². The predicted octanol–water partition coefficient (Wildman–Crippen LogP) is 4.46. The minimum Gasteiger partial charge on any atom is -0.464 e. The molecule has 0 spiro atoms. The van der Waals surface area contributed by atoms with Crippen LogP contribution in [0.25, 0.3) is 11.0 Å². The first kappa shape index (κ1) is 18.6. The van der Waals surface area contributed by atoms with Gasteiger partial charge in [0.15, 0.2) is 0 Å². The van der Waals surface area contributed by atoms with Crippen molar-refractivity contribution in [3.05, 3.63) is 63.9 Å². The number of anilines is 1. The van der Waals surface area contributed by atoms with Gasteiger partial charge >= 0.3 is 0 Å². The second kappa shape index (κ2) is 7.32. The molecule has 1 aliphatic rings. The van der Waals surface area contributed by atoms with Crippen LogP contribution in [0.3, 0.4) is 0 Å². The number of halogens is 1. The van der Waals surface area contributed by atoms with Gasteiger partial charge in [0.05, 0.1) is 23.9 Å². The maximum atomic E-state index is 12.7. The van der Waals surface area contributed by atoms with E-state index in [9.17, 15) is 9.59 Å². The van der Waals surface area contributed by atoms with Gasteiger partial charge in [-0.15, -0.1) is 0 Å². The highest BCUT2D eigenvalue weighted by Gasteiger charge is 2.19. The molecule has 1 N–H and O–H groups in total. The highest BCUT2D eigenvalue weighted by atomic mass is 35.5. The summed E-state index contributed by atoms with van der Waals surface area (Å²) >= 11 is 6.07. The number of fused-ring (bicyclic) bond motifs is 2. The zero-order chi connectivity index (χ0) is 19.8. The molecule has 0 bridgehead atoms. The molecule has 4 rings (SSSR count). The molecule has 1 aliphatic carbocycles. The minimum atomic E-state index is -0.224. The van der Waals surface area contributed by atoms with Gasteiger partial charge in [-0.25, -0.2) is 0 Å². The molecule has 2 amide bonds. The van der Waals surface area contributed by atoms with Gasteiger partial charge in [-0.05, 0) is 60.7 Å². The van der Waals surface area contributed by atoms with Gasteiger partial charge in [-0.2, -0.15) is 0 Å². The number of carbonyl (C=O) groups is 2. The second-order valence-electron chi connectivity index (χ2n) is 7.35. The Morgan fingerprint density at radius 3 is 2.64 bits per heavy atom. The van der Waals surface area contributed by atoms with Gasteiger partial charge in [-0.3, -0.25) is 9.59 Å². The molecule has 0 atom stereocenters. The van der Waals surface area contributed by atoms with E-state index in [1.54, 1.807) is 38.6 Å².